The van der Waals surface area contributed by atoms with Gasteiger partial charge in [0, 0.05) is 22.7 Å². The zero-order valence-electron chi connectivity index (χ0n) is 8.27. The molecule has 0 fully saturated rings. The van der Waals surface area contributed by atoms with Crippen LogP contribution in [-0.2, 0) is 6.54 Å². The van der Waals surface area contributed by atoms with E-state index in [0.717, 1.165) is 5.56 Å². The first-order valence-electron chi connectivity index (χ1n) is 4.42. The third-order valence-electron chi connectivity index (χ3n) is 2.14. The fraction of sp³-hybridized carbons (Fsp3) is 0.273. The number of halogens is 2. The first kappa shape index (κ1) is 11.2. The molecule has 0 heterocycles. The van der Waals surface area contributed by atoms with Crippen LogP contribution < -0.4 is 5.73 Å². The molecule has 0 radical (unpaired) electrons. The Hall–Kier alpha value is -0.860. The molecule has 14 heavy (non-hydrogen) atoms. The van der Waals surface area contributed by atoms with E-state index in [1.165, 1.54) is 0 Å². The highest BCUT2D eigenvalue weighted by Crippen LogP contribution is 2.27. The minimum atomic E-state index is -0.310. The van der Waals surface area contributed by atoms with Gasteiger partial charge in [-0.1, -0.05) is 29.8 Å². The third-order valence-corrected chi connectivity index (χ3v) is 2.55. The molecule has 3 heteroatoms. The summed E-state index contributed by atoms with van der Waals surface area (Å²) in [5, 5.41) is 0.426. The van der Waals surface area contributed by atoms with Crippen LogP contribution in [0.15, 0.2) is 18.2 Å². The van der Waals surface area contributed by atoms with E-state index in [-0.39, 0.29) is 12.4 Å². The van der Waals surface area contributed by atoms with E-state index in [4.69, 9.17) is 17.3 Å². The lowest BCUT2D eigenvalue weighted by Gasteiger charge is -2.09. The first-order valence-corrected chi connectivity index (χ1v) is 4.79. The fourth-order valence-electron chi connectivity index (χ4n) is 1.31. The molecule has 0 aliphatic carbocycles. The molecule has 0 unspecified atom stereocenters. The highest BCUT2D eigenvalue weighted by molar-refractivity contribution is 6.48. The zero-order chi connectivity index (χ0) is 10.7. The van der Waals surface area contributed by atoms with Gasteiger partial charge in [-0.05, 0) is 19.4 Å². The van der Waals surface area contributed by atoms with Crippen molar-refractivity contribution < 1.29 is 4.39 Å². The molecule has 0 bridgehead atoms. The van der Waals surface area contributed by atoms with E-state index in [0.29, 0.717) is 16.2 Å². The molecule has 0 aliphatic rings. The zero-order valence-corrected chi connectivity index (χ0v) is 9.03. The summed E-state index contributed by atoms with van der Waals surface area (Å²) in [6.45, 7) is 3.79. The van der Waals surface area contributed by atoms with Crippen LogP contribution in [-0.4, -0.2) is 0 Å². The van der Waals surface area contributed by atoms with Crippen LogP contribution in [0, 0.1) is 12.7 Å². The predicted molar refractivity (Wildman–Crippen MR) is 58.5 cm³/mol. The number of hydrogen-bond acceptors (Lipinski definition) is 1. The van der Waals surface area contributed by atoms with Crippen LogP contribution in [0.3, 0.4) is 0 Å². The maximum absolute atomic E-state index is 13.8. The molecule has 2 N–H and O–H groups in total. The lowest BCUT2D eigenvalue weighted by atomic mass is 10.0. The van der Waals surface area contributed by atoms with Crippen LogP contribution in [0.25, 0.3) is 5.03 Å². The molecular formula is C11H13ClFN. The van der Waals surface area contributed by atoms with Crippen molar-refractivity contribution in [3.05, 3.63) is 40.7 Å². The van der Waals surface area contributed by atoms with Gasteiger partial charge in [0.1, 0.15) is 5.82 Å². The fourth-order valence-corrected chi connectivity index (χ4v) is 1.54. The van der Waals surface area contributed by atoms with Crippen molar-refractivity contribution in [2.75, 3.05) is 0 Å². The summed E-state index contributed by atoms with van der Waals surface area (Å²) in [6.07, 6.45) is 1.67. The van der Waals surface area contributed by atoms with Crippen molar-refractivity contribution >= 4 is 16.6 Å². The van der Waals surface area contributed by atoms with Gasteiger partial charge >= 0.3 is 0 Å². The van der Waals surface area contributed by atoms with E-state index >= 15 is 0 Å². The number of nitrogens with two attached hydrogens (primary N) is 1. The maximum Gasteiger partial charge on any atom is 0.136 e. The van der Waals surface area contributed by atoms with Crippen LogP contribution in [0.1, 0.15) is 23.6 Å². The summed E-state index contributed by atoms with van der Waals surface area (Å²) in [6, 6.07) is 3.51. The molecule has 0 saturated heterocycles. The van der Waals surface area contributed by atoms with Crippen LogP contribution in [0.5, 0.6) is 0 Å². The molecule has 1 aromatic rings. The third kappa shape index (κ3) is 1.97. The molecule has 0 spiro atoms. The number of aryl methyl sites for hydroxylation is 1. The Balaban J connectivity index is 3.40. The molecule has 0 aromatic heterocycles. The minimum absolute atomic E-state index is 0.187. The smallest absolute Gasteiger partial charge is 0.136 e. The Labute approximate surface area is 88.4 Å². The summed E-state index contributed by atoms with van der Waals surface area (Å²) < 4.78 is 13.8. The second kappa shape index (κ2) is 4.58. The molecule has 1 nitrogen and oxygen atoms in total. The second-order valence-electron chi connectivity index (χ2n) is 3.07. The van der Waals surface area contributed by atoms with Gasteiger partial charge in [0.25, 0.3) is 0 Å². The Morgan fingerprint density at radius 1 is 1.57 bits per heavy atom. The van der Waals surface area contributed by atoms with Gasteiger partial charge in [-0.15, -0.1) is 0 Å². The Bertz CT molecular complexity index is 372. The van der Waals surface area contributed by atoms with Gasteiger partial charge in [0.15, 0.2) is 0 Å². The highest BCUT2D eigenvalue weighted by Gasteiger charge is 2.12. The first-order chi connectivity index (χ1) is 6.61. The topological polar surface area (TPSA) is 26.0 Å². The van der Waals surface area contributed by atoms with Crippen molar-refractivity contribution in [1.82, 2.24) is 0 Å². The van der Waals surface area contributed by atoms with Crippen molar-refractivity contribution in [3.63, 3.8) is 0 Å². The average Bonchev–Trinajstić information content (AvgIpc) is 2.18. The summed E-state index contributed by atoms with van der Waals surface area (Å²) in [5.41, 5.74) is 7.18. The molecule has 76 valence electrons. The van der Waals surface area contributed by atoms with Gasteiger partial charge in [-0.25, -0.2) is 4.39 Å². The molecule has 0 aliphatic heterocycles. The lowest BCUT2D eigenvalue weighted by molar-refractivity contribution is 0.606. The second-order valence-corrected chi connectivity index (χ2v) is 3.48. The van der Waals surface area contributed by atoms with Crippen LogP contribution >= 0.6 is 11.6 Å². The summed E-state index contributed by atoms with van der Waals surface area (Å²) in [5.74, 6) is -0.310. The van der Waals surface area contributed by atoms with Gasteiger partial charge in [-0.2, -0.15) is 0 Å². The van der Waals surface area contributed by atoms with Gasteiger partial charge in [-0.3, -0.25) is 0 Å². The normalized spacial score (nSPS) is 11.9. The average molecular weight is 214 g/mol. The molecular weight excluding hydrogens is 201 g/mol. The summed E-state index contributed by atoms with van der Waals surface area (Å²) >= 11 is 5.91. The summed E-state index contributed by atoms with van der Waals surface area (Å²) in [7, 11) is 0. The van der Waals surface area contributed by atoms with Crippen molar-refractivity contribution in [1.29, 1.82) is 0 Å². The Kier molecular flexibility index (Phi) is 3.67. The number of hydrogen-bond donors (Lipinski definition) is 1. The van der Waals surface area contributed by atoms with Crippen molar-refractivity contribution in [3.8, 4) is 0 Å². The standard InChI is InChI=1S/C11H13ClFN/c1-3-9(12)10-7(2)4-5-8(6-14)11(10)13/h3-5H,6,14H2,1-2H3/b9-3+. The van der Waals surface area contributed by atoms with E-state index in [9.17, 15) is 4.39 Å². The molecule has 1 aromatic carbocycles. The summed E-state index contributed by atoms with van der Waals surface area (Å²) in [4.78, 5) is 0. The van der Waals surface area contributed by atoms with Crippen LogP contribution in [0.4, 0.5) is 4.39 Å². The van der Waals surface area contributed by atoms with Crippen molar-refractivity contribution in [2.45, 2.75) is 20.4 Å². The SMILES string of the molecule is C/C=C(/Cl)c1c(C)ccc(CN)c1F. The van der Waals surface area contributed by atoms with E-state index in [1.54, 1.807) is 19.1 Å². The predicted octanol–water partition coefficient (Wildman–Crippen LogP) is 3.19. The Morgan fingerprint density at radius 2 is 2.21 bits per heavy atom. The molecule has 0 atom stereocenters. The number of rotatable bonds is 2. The minimum Gasteiger partial charge on any atom is -0.326 e. The maximum atomic E-state index is 13.8. The highest BCUT2D eigenvalue weighted by atomic mass is 35.5. The largest absolute Gasteiger partial charge is 0.326 e. The van der Waals surface area contributed by atoms with Crippen molar-refractivity contribution in [2.24, 2.45) is 5.73 Å². The Morgan fingerprint density at radius 3 is 2.71 bits per heavy atom. The monoisotopic (exact) mass is 213 g/mol. The van der Waals surface area contributed by atoms with E-state index in [2.05, 4.69) is 0 Å². The molecule has 1 rings (SSSR count). The molecule has 0 amide bonds. The van der Waals surface area contributed by atoms with Gasteiger partial charge < -0.3 is 5.73 Å². The van der Waals surface area contributed by atoms with E-state index in [1.807, 2.05) is 13.0 Å². The van der Waals surface area contributed by atoms with Gasteiger partial charge in [0.2, 0.25) is 0 Å². The van der Waals surface area contributed by atoms with E-state index < -0.39 is 0 Å². The van der Waals surface area contributed by atoms with Crippen LogP contribution in [0.2, 0.25) is 0 Å². The lowest BCUT2D eigenvalue weighted by Crippen LogP contribution is -2.03. The number of allylic oxidation sites excluding steroid dienone is 1. The number of benzene rings is 1. The quantitative estimate of drug-likeness (QED) is 0.802. The van der Waals surface area contributed by atoms with Gasteiger partial charge in [0.05, 0.1) is 0 Å². The molecule has 0 saturated carbocycles.